The zero-order valence-corrected chi connectivity index (χ0v) is 9.75. The normalized spacial score (nSPS) is 7.90. The Hall–Kier alpha value is 0.728. The number of hydrogen-bond acceptors (Lipinski definition) is 2. The zero-order chi connectivity index (χ0) is 7.28. The molecule has 0 aliphatic heterocycles. The summed E-state index contributed by atoms with van der Waals surface area (Å²) in [5.74, 6) is 0.242. The Balaban J connectivity index is 0. The van der Waals surface area contributed by atoms with E-state index in [9.17, 15) is 8.78 Å². The van der Waals surface area contributed by atoms with E-state index in [2.05, 4.69) is 16.9 Å². The summed E-state index contributed by atoms with van der Waals surface area (Å²) in [6.45, 7) is 1.37. The van der Waals surface area contributed by atoms with Crippen LogP contribution in [0.5, 0.6) is 0 Å². The number of thioether (sulfide) groups is 1. The Morgan fingerprint density at radius 1 is 1.60 bits per heavy atom. The van der Waals surface area contributed by atoms with E-state index in [4.69, 9.17) is 0 Å². The Labute approximate surface area is 82.7 Å². The van der Waals surface area contributed by atoms with Gasteiger partial charge in [0.25, 0.3) is 6.08 Å². The molecule has 58 valence electrons. The average molecular weight is 351 g/mol. The smallest absolute Gasteiger partial charge is 0.269 e. The van der Waals surface area contributed by atoms with Gasteiger partial charge < -0.3 is 28.7 Å². The van der Waals surface area contributed by atoms with Crippen LogP contribution in [-0.4, -0.2) is 10.5 Å². The summed E-state index contributed by atoms with van der Waals surface area (Å²) in [7, 11) is 0. The molecule has 0 radical (unpaired) electrons. The average Bonchev–Trinajstić information content (AvgIpc) is 1.82. The maximum atomic E-state index is 11.6. The Bertz CT molecular complexity index is 132. The molecule has 0 aliphatic carbocycles. The fourth-order valence-electron chi connectivity index (χ4n) is 0.192. The molecule has 0 fully saturated rings. The molecule has 0 spiro atoms. The van der Waals surface area contributed by atoms with E-state index in [-0.39, 0.29) is 32.4 Å². The van der Waals surface area contributed by atoms with Crippen molar-refractivity contribution in [3.63, 3.8) is 0 Å². The van der Waals surface area contributed by atoms with E-state index in [0.717, 1.165) is 11.8 Å². The molecule has 0 N–H and O–H groups in total. The number of rotatable bonds is 3. The number of hydrogen-bond donors (Lipinski definition) is 0. The van der Waals surface area contributed by atoms with Crippen molar-refractivity contribution >= 4 is 28.7 Å². The molecule has 0 aromatic rings. The Morgan fingerprint density at radius 3 is 2.40 bits per heavy atom. The summed E-state index contributed by atoms with van der Waals surface area (Å²) in [6.07, 6.45) is -1.62. The van der Waals surface area contributed by atoms with E-state index in [1.165, 1.54) is 6.92 Å². The molecule has 5 heteroatoms. The largest absolute Gasteiger partial charge is 0.361 e. The van der Waals surface area contributed by atoms with Crippen LogP contribution in [0.15, 0.2) is 11.7 Å². The fraction of sp³-hybridized carbons (Fsp3) is 0.400. The van der Waals surface area contributed by atoms with Crippen LogP contribution in [-0.2, 0) is 21.1 Å². The third-order valence-corrected chi connectivity index (χ3v) is 1.72. The second kappa shape index (κ2) is 7.83. The van der Waals surface area contributed by atoms with Crippen molar-refractivity contribution < 1.29 is 29.8 Å². The van der Waals surface area contributed by atoms with E-state index in [0.29, 0.717) is 0 Å². The quantitative estimate of drug-likeness (QED) is 0.567. The molecular formula is C5H5F2S2W-. The Morgan fingerprint density at radius 2 is 2.10 bits per heavy atom. The van der Waals surface area contributed by atoms with Gasteiger partial charge in [-0.05, 0) is 18.2 Å². The molecule has 10 heavy (non-hydrogen) atoms. The molecule has 0 aromatic carbocycles. The van der Waals surface area contributed by atoms with Crippen LogP contribution in [0.25, 0.3) is 0 Å². The standard InChI is InChI=1S/C5H5F2S2.W/c1-4(5(6)7)2-9-3-8;/h2H2,1H3;/q-1;. The monoisotopic (exact) mass is 351 g/mol. The third kappa shape index (κ3) is 6.84. The first kappa shape index (κ1) is 13.3. The predicted molar refractivity (Wildman–Crippen MR) is 40.0 cm³/mol. The molecule has 0 unspecified atom stereocenters. The number of halogens is 2. The molecule has 0 saturated carbocycles. The van der Waals surface area contributed by atoms with Crippen molar-refractivity contribution in [2.75, 3.05) is 5.75 Å². The van der Waals surface area contributed by atoms with Gasteiger partial charge in [0.1, 0.15) is 0 Å². The SMILES string of the molecule is CC(CS[C-]=S)=C(F)F.[W]. The van der Waals surface area contributed by atoms with E-state index < -0.39 is 6.08 Å². The van der Waals surface area contributed by atoms with Crippen molar-refractivity contribution in [1.82, 2.24) is 0 Å². The van der Waals surface area contributed by atoms with Crippen LogP contribution >= 0.6 is 24.0 Å². The maximum Gasteiger partial charge on any atom is 0.269 e. The summed E-state index contributed by atoms with van der Waals surface area (Å²) in [5.41, 5.74) is 0.0670. The summed E-state index contributed by atoms with van der Waals surface area (Å²) in [5, 5.41) is 0. The van der Waals surface area contributed by atoms with Gasteiger partial charge in [0.15, 0.2) is 0 Å². The molecule has 0 amide bonds. The summed E-state index contributed by atoms with van der Waals surface area (Å²) in [6, 6.07) is 0. The molecule has 0 bridgehead atoms. The number of thiocarbonyl (C=S) groups is 1. The molecule has 0 atom stereocenters. The summed E-state index contributed by atoms with van der Waals surface area (Å²) in [4.78, 5) is 0. The van der Waals surface area contributed by atoms with Crippen LogP contribution in [0.2, 0.25) is 0 Å². The van der Waals surface area contributed by atoms with Crippen molar-refractivity contribution in [3.05, 3.63) is 11.7 Å². The predicted octanol–water partition coefficient (Wildman–Crippen LogP) is 2.72. The van der Waals surface area contributed by atoms with Crippen LogP contribution in [0.1, 0.15) is 6.92 Å². The van der Waals surface area contributed by atoms with E-state index >= 15 is 0 Å². The van der Waals surface area contributed by atoms with Gasteiger partial charge in [0, 0.05) is 21.1 Å². The molecule has 0 saturated heterocycles. The zero-order valence-electron chi connectivity index (χ0n) is 5.19. The van der Waals surface area contributed by atoms with Crippen molar-refractivity contribution in [3.8, 4) is 0 Å². The second-order valence-electron chi connectivity index (χ2n) is 1.41. The van der Waals surface area contributed by atoms with Crippen LogP contribution in [0.4, 0.5) is 8.78 Å². The van der Waals surface area contributed by atoms with Crippen molar-refractivity contribution in [1.29, 1.82) is 0 Å². The van der Waals surface area contributed by atoms with Gasteiger partial charge in [-0.25, -0.2) is 0 Å². The van der Waals surface area contributed by atoms with Gasteiger partial charge in [0.2, 0.25) is 0 Å². The molecule has 0 nitrogen and oxygen atoms in total. The molecule has 0 heterocycles. The second-order valence-corrected chi connectivity index (χ2v) is 2.66. The van der Waals surface area contributed by atoms with Crippen LogP contribution in [0, 0.1) is 0 Å². The Kier molecular flexibility index (Phi) is 10.4. The van der Waals surface area contributed by atoms with Gasteiger partial charge in [-0.2, -0.15) is 8.78 Å². The van der Waals surface area contributed by atoms with E-state index in [1.54, 1.807) is 0 Å². The van der Waals surface area contributed by atoms with Gasteiger partial charge in [-0.15, -0.1) is 0 Å². The van der Waals surface area contributed by atoms with Gasteiger partial charge in [0.05, 0.1) is 0 Å². The van der Waals surface area contributed by atoms with Gasteiger partial charge in [-0.3, -0.25) is 0 Å². The van der Waals surface area contributed by atoms with Crippen LogP contribution < -0.4 is 0 Å². The fourth-order valence-corrected chi connectivity index (χ4v) is 0.754. The minimum absolute atomic E-state index is 0. The van der Waals surface area contributed by atoms with E-state index in [1.807, 2.05) is 0 Å². The minimum atomic E-state index is -1.62. The molecule has 0 aromatic heterocycles. The molecular weight excluding hydrogens is 346 g/mol. The third-order valence-electron chi connectivity index (χ3n) is 0.670. The van der Waals surface area contributed by atoms with Crippen LogP contribution in [0.3, 0.4) is 0 Å². The first-order valence-electron chi connectivity index (χ1n) is 2.18. The molecule has 0 rings (SSSR count). The molecule has 0 aliphatic rings. The van der Waals surface area contributed by atoms with Crippen molar-refractivity contribution in [2.24, 2.45) is 0 Å². The van der Waals surface area contributed by atoms with Crippen molar-refractivity contribution in [2.45, 2.75) is 6.92 Å². The summed E-state index contributed by atoms with van der Waals surface area (Å²) < 4.78 is 25.4. The topological polar surface area (TPSA) is 0 Å². The van der Waals surface area contributed by atoms with Gasteiger partial charge in [-0.1, -0.05) is 0 Å². The first-order chi connectivity index (χ1) is 4.18. The summed E-state index contributed by atoms with van der Waals surface area (Å²) >= 11 is 5.37. The first-order valence-corrected chi connectivity index (χ1v) is 3.57. The maximum absolute atomic E-state index is 11.6. The minimum Gasteiger partial charge on any atom is -0.361 e. The van der Waals surface area contributed by atoms with Gasteiger partial charge >= 0.3 is 0 Å².